The third-order valence-electron chi connectivity index (χ3n) is 3.48. The van der Waals surface area contributed by atoms with Crippen LogP contribution in [0.4, 0.5) is 18.9 Å². The molecule has 1 N–H and O–H groups in total. The topological polar surface area (TPSA) is 30.5 Å². The van der Waals surface area contributed by atoms with Crippen molar-refractivity contribution in [1.82, 2.24) is 0 Å². The Balaban J connectivity index is 1.99. The average molecular weight is 289 g/mol. The lowest BCUT2D eigenvalue weighted by atomic mass is 9.93. The average Bonchev–Trinajstić information content (AvgIpc) is 2.40. The minimum Gasteiger partial charge on any atom is -0.404 e. The van der Waals surface area contributed by atoms with Crippen LogP contribution in [0.5, 0.6) is 5.75 Å². The van der Waals surface area contributed by atoms with Gasteiger partial charge in [0.15, 0.2) is 5.75 Å². The quantitative estimate of drug-likeness (QED) is 0.910. The van der Waals surface area contributed by atoms with Gasteiger partial charge < -0.3 is 14.8 Å². The molecule has 0 aliphatic heterocycles. The first-order valence-electron chi connectivity index (χ1n) is 6.62. The van der Waals surface area contributed by atoms with Gasteiger partial charge in [0.1, 0.15) is 0 Å². The molecule has 20 heavy (non-hydrogen) atoms. The molecule has 2 rings (SSSR count). The molecule has 0 amide bonds. The Hall–Kier alpha value is -1.43. The van der Waals surface area contributed by atoms with Crippen LogP contribution in [-0.4, -0.2) is 25.6 Å². The lowest BCUT2D eigenvalue weighted by Gasteiger charge is -2.29. The molecule has 1 aliphatic carbocycles. The highest BCUT2D eigenvalue weighted by Gasteiger charge is 2.32. The van der Waals surface area contributed by atoms with E-state index in [4.69, 9.17) is 4.74 Å². The van der Waals surface area contributed by atoms with E-state index in [1.807, 2.05) is 0 Å². The highest BCUT2D eigenvalue weighted by Crippen LogP contribution is 2.32. The molecule has 1 saturated carbocycles. The fourth-order valence-electron chi connectivity index (χ4n) is 2.46. The van der Waals surface area contributed by atoms with Crippen molar-refractivity contribution in [2.75, 3.05) is 12.4 Å². The summed E-state index contributed by atoms with van der Waals surface area (Å²) in [7, 11) is 1.69. The first-order chi connectivity index (χ1) is 9.48. The summed E-state index contributed by atoms with van der Waals surface area (Å²) >= 11 is 0. The molecule has 1 fully saturated rings. The van der Waals surface area contributed by atoms with Crippen molar-refractivity contribution < 1.29 is 22.6 Å². The largest absolute Gasteiger partial charge is 0.573 e. The van der Waals surface area contributed by atoms with Crippen molar-refractivity contribution in [3.05, 3.63) is 24.3 Å². The van der Waals surface area contributed by atoms with Crippen LogP contribution in [0.1, 0.15) is 25.7 Å². The van der Waals surface area contributed by atoms with Crippen LogP contribution in [0.2, 0.25) is 0 Å². The van der Waals surface area contributed by atoms with Crippen LogP contribution in [0.25, 0.3) is 0 Å². The molecule has 0 unspecified atom stereocenters. The summed E-state index contributed by atoms with van der Waals surface area (Å²) in [6.45, 7) is 0. The van der Waals surface area contributed by atoms with E-state index >= 15 is 0 Å². The predicted octanol–water partition coefficient (Wildman–Crippen LogP) is 3.95. The van der Waals surface area contributed by atoms with Crippen molar-refractivity contribution in [2.45, 2.75) is 44.2 Å². The monoisotopic (exact) mass is 289 g/mol. The third-order valence-corrected chi connectivity index (χ3v) is 3.48. The summed E-state index contributed by atoms with van der Waals surface area (Å²) in [6.07, 6.45) is -0.842. The van der Waals surface area contributed by atoms with Crippen molar-refractivity contribution in [2.24, 2.45) is 0 Å². The zero-order valence-corrected chi connectivity index (χ0v) is 11.2. The fourth-order valence-corrected chi connectivity index (χ4v) is 2.46. The molecular weight excluding hydrogens is 271 g/mol. The Labute approximate surface area is 116 Å². The zero-order valence-electron chi connectivity index (χ0n) is 11.2. The molecule has 0 spiro atoms. The summed E-state index contributed by atoms with van der Waals surface area (Å²) in [4.78, 5) is 0. The number of anilines is 1. The van der Waals surface area contributed by atoms with Gasteiger partial charge in [0.2, 0.25) is 0 Å². The second kappa shape index (κ2) is 6.35. The van der Waals surface area contributed by atoms with Crippen LogP contribution < -0.4 is 10.1 Å². The van der Waals surface area contributed by atoms with E-state index in [0.29, 0.717) is 5.69 Å². The van der Waals surface area contributed by atoms with Gasteiger partial charge in [0.05, 0.1) is 11.8 Å². The molecule has 6 heteroatoms. The van der Waals surface area contributed by atoms with Crippen LogP contribution in [0.3, 0.4) is 0 Å². The number of rotatable bonds is 4. The van der Waals surface area contributed by atoms with Crippen molar-refractivity contribution in [3.8, 4) is 5.75 Å². The van der Waals surface area contributed by atoms with E-state index in [0.717, 1.165) is 25.7 Å². The van der Waals surface area contributed by atoms with Crippen LogP contribution in [-0.2, 0) is 4.74 Å². The third kappa shape index (κ3) is 4.30. The Morgan fingerprint density at radius 1 is 1.10 bits per heavy atom. The standard InChI is InChI=1S/C14H18F3NO2/c1-19-11-8-6-10(7-9-11)18-12-4-2-3-5-13(12)20-14(15,16)17/h2-5,10-11,18H,6-9H2,1H3. The molecule has 0 heterocycles. The number of methoxy groups -OCH3 is 1. The van der Waals surface area contributed by atoms with Gasteiger partial charge in [-0.05, 0) is 37.8 Å². The van der Waals surface area contributed by atoms with Crippen LogP contribution in [0.15, 0.2) is 24.3 Å². The molecule has 0 aromatic heterocycles. The van der Waals surface area contributed by atoms with Gasteiger partial charge in [-0.2, -0.15) is 0 Å². The van der Waals surface area contributed by atoms with Gasteiger partial charge >= 0.3 is 6.36 Å². The first kappa shape index (κ1) is 15.0. The van der Waals surface area contributed by atoms with Crippen LogP contribution in [0, 0.1) is 0 Å². The summed E-state index contributed by atoms with van der Waals surface area (Å²) < 4.78 is 46.3. The Bertz CT molecular complexity index is 429. The maximum absolute atomic E-state index is 12.3. The second-order valence-electron chi connectivity index (χ2n) is 4.90. The van der Waals surface area contributed by atoms with Gasteiger partial charge in [-0.3, -0.25) is 0 Å². The van der Waals surface area contributed by atoms with E-state index < -0.39 is 6.36 Å². The predicted molar refractivity (Wildman–Crippen MR) is 69.8 cm³/mol. The molecule has 0 saturated heterocycles. The molecule has 0 atom stereocenters. The molecule has 1 aliphatic rings. The minimum absolute atomic E-state index is 0.152. The van der Waals surface area contributed by atoms with Gasteiger partial charge in [0.25, 0.3) is 0 Å². The lowest BCUT2D eigenvalue weighted by molar-refractivity contribution is -0.274. The van der Waals surface area contributed by atoms with Gasteiger partial charge in [-0.1, -0.05) is 12.1 Å². The Kier molecular flexibility index (Phi) is 4.75. The SMILES string of the molecule is COC1CCC(Nc2ccccc2OC(F)(F)F)CC1. The molecule has 3 nitrogen and oxygen atoms in total. The van der Waals surface area contributed by atoms with Crippen molar-refractivity contribution >= 4 is 5.69 Å². The lowest BCUT2D eigenvalue weighted by Crippen LogP contribution is -2.29. The number of alkyl halides is 3. The normalized spacial score (nSPS) is 23.4. The highest BCUT2D eigenvalue weighted by molar-refractivity contribution is 5.56. The molecule has 112 valence electrons. The summed E-state index contributed by atoms with van der Waals surface area (Å²) in [5.41, 5.74) is 0.380. The molecule has 1 aromatic carbocycles. The molecule has 1 aromatic rings. The number of ether oxygens (including phenoxy) is 2. The highest BCUT2D eigenvalue weighted by atomic mass is 19.4. The first-order valence-corrected chi connectivity index (χ1v) is 6.62. The number of nitrogens with one attached hydrogen (secondary N) is 1. The van der Waals surface area contributed by atoms with E-state index in [1.54, 1.807) is 19.2 Å². The van der Waals surface area contributed by atoms with Crippen LogP contribution >= 0.6 is 0 Å². The van der Waals surface area contributed by atoms with E-state index in [-0.39, 0.29) is 17.9 Å². The second-order valence-corrected chi connectivity index (χ2v) is 4.90. The van der Waals surface area contributed by atoms with E-state index in [9.17, 15) is 13.2 Å². The van der Waals surface area contributed by atoms with Crippen molar-refractivity contribution in [3.63, 3.8) is 0 Å². The number of hydrogen-bond acceptors (Lipinski definition) is 3. The van der Waals surface area contributed by atoms with Gasteiger partial charge in [0, 0.05) is 13.2 Å². The minimum atomic E-state index is -4.68. The maximum Gasteiger partial charge on any atom is 0.573 e. The van der Waals surface area contributed by atoms with Crippen molar-refractivity contribution in [1.29, 1.82) is 0 Å². The van der Waals surface area contributed by atoms with E-state index in [2.05, 4.69) is 10.1 Å². The number of hydrogen-bond donors (Lipinski definition) is 1. The fraction of sp³-hybridized carbons (Fsp3) is 0.571. The molecular formula is C14H18F3NO2. The van der Waals surface area contributed by atoms with Gasteiger partial charge in [-0.15, -0.1) is 13.2 Å². The molecule has 0 radical (unpaired) electrons. The smallest absolute Gasteiger partial charge is 0.404 e. The number of benzene rings is 1. The maximum atomic E-state index is 12.3. The zero-order chi connectivity index (χ0) is 14.6. The molecule has 0 bridgehead atoms. The van der Waals surface area contributed by atoms with Gasteiger partial charge in [-0.25, -0.2) is 0 Å². The summed E-state index contributed by atoms with van der Waals surface area (Å²) in [6, 6.07) is 6.28. The number of para-hydroxylation sites is 2. The Morgan fingerprint density at radius 3 is 2.35 bits per heavy atom. The number of halogens is 3. The van der Waals surface area contributed by atoms with E-state index in [1.165, 1.54) is 12.1 Å². The summed E-state index contributed by atoms with van der Waals surface area (Å²) in [5.74, 6) is -0.186. The summed E-state index contributed by atoms with van der Waals surface area (Å²) in [5, 5.41) is 3.14. The Morgan fingerprint density at radius 2 is 1.75 bits per heavy atom.